The quantitative estimate of drug-likeness (QED) is 0.905. The molecule has 1 fully saturated rings. The molecule has 1 heterocycles. The molecular weight excluding hydrogens is 242 g/mol. The maximum atomic E-state index is 11.8. The van der Waals surface area contributed by atoms with Crippen molar-refractivity contribution < 1.29 is 14.7 Å². The van der Waals surface area contributed by atoms with Gasteiger partial charge in [-0.25, -0.2) is 4.79 Å². The average Bonchev–Trinajstić information content (AvgIpc) is 2.61. The second kappa shape index (κ2) is 6.36. The molecule has 0 saturated carbocycles. The number of nitrogens with zero attached hydrogens (tertiary/aromatic N) is 1. The molecule has 1 aliphatic rings. The summed E-state index contributed by atoms with van der Waals surface area (Å²) in [5.74, 6) is -0.681. The summed E-state index contributed by atoms with van der Waals surface area (Å²) in [6, 6.07) is 6.94. The van der Waals surface area contributed by atoms with E-state index in [1.54, 1.807) is 18.2 Å². The molecule has 0 bridgehead atoms. The van der Waals surface area contributed by atoms with E-state index >= 15 is 0 Å². The van der Waals surface area contributed by atoms with Crippen LogP contribution >= 0.6 is 0 Å². The molecule has 1 N–H and O–H groups in total. The Labute approximate surface area is 113 Å². The summed E-state index contributed by atoms with van der Waals surface area (Å²) in [5, 5.41) is 8.94. The normalized spacial score (nSPS) is 16.2. The molecule has 0 atom stereocenters. The molecule has 4 nitrogen and oxygen atoms in total. The Morgan fingerprint density at radius 2 is 2.11 bits per heavy atom. The minimum atomic E-state index is -0.910. The molecule has 102 valence electrons. The lowest BCUT2D eigenvalue weighted by Gasteiger charge is -2.20. The van der Waals surface area contributed by atoms with Crippen molar-refractivity contribution >= 4 is 11.9 Å². The smallest absolute Gasteiger partial charge is 0.335 e. The third-order valence-corrected chi connectivity index (χ3v) is 3.52. The molecule has 1 aliphatic heterocycles. The number of carboxylic acids is 1. The number of hydrogen-bond acceptors (Lipinski definition) is 2. The fraction of sp³-hybridized carbons (Fsp3) is 0.467. The van der Waals surface area contributed by atoms with Gasteiger partial charge in [0.2, 0.25) is 5.91 Å². The maximum Gasteiger partial charge on any atom is 0.335 e. The Morgan fingerprint density at radius 1 is 1.26 bits per heavy atom. The van der Waals surface area contributed by atoms with Crippen molar-refractivity contribution in [1.29, 1.82) is 0 Å². The Morgan fingerprint density at radius 3 is 2.89 bits per heavy atom. The van der Waals surface area contributed by atoms with E-state index in [2.05, 4.69) is 0 Å². The number of carbonyl (C=O) groups excluding carboxylic acids is 1. The minimum Gasteiger partial charge on any atom is -0.478 e. The molecule has 0 aliphatic carbocycles. The van der Waals surface area contributed by atoms with Crippen LogP contribution in [0.25, 0.3) is 0 Å². The predicted octanol–water partition coefficient (Wildman–Crippen LogP) is 2.33. The Balaban J connectivity index is 1.95. The van der Waals surface area contributed by atoms with Gasteiger partial charge in [0.15, 0.2) is 0 Å². The van der Waals surface area contributed by atoms with Crippen LogP contribution in [0.4, 0.5) is 0 Å². The molecule has 1 aromatic rings. The molecule has 0 radical (unpaired) electrons. The highest BCUT2D eigenvalue weighted by atomic mass is 16.4. The van der Waals surface area contributed by atoms with Gasteiger partial charge < -0.3 is 10.0 Å². The van der Waals surface area contributed by atoms with Gasteiger partial charge in [-0.3, -0.25) is 4.79 Å². The van der Waals surface area contributed by atoms with Crippen LogP contribution in [0.2, 0.25) is 0 Å². The first-order valence-corrected chi connectivity index (χ1v) is 6.77. The number of benzene rings is 1. The summed E-state index contributed by atoms with van der Waals surface area (Å²) in [5.41, 5.74) is 1.27. The second-order valence-corrected chi connectivity index (χ2v) is 4.95. The van der Waals surface area contributed by atoms with E-state index in [4.69, 9.17) is 5.11 Å². The monoisotopic (exact) mass is 261 g/mol. The fourth-order valence-electron chi connectivity index (χ4n) is 2.40. The minimum absolute atomic E-state index is 0.229. The average molecular weight is 261 g/mol. The molecule has 1 amide bonds. The van der Waals surface area contributed by atoms with E-state index in [0.717, 1.165) is 31.4 Å². The molecule has 4 heteroatoms. The van der Waals surface area contributed by atoms with E-state index in [-0.39, 0.29) is 5.91 Å². The van der Waals surface area contributed by atoms with Gasteiger partial charge in [0.25, 0.3) is 0 Å². The van der Waals surface area contributed by atoms with Crippen molar-refractivity contribution in [3.05, 3.63) is 35.4 Å². The number of likely N-dealkylation sites (tertiary alicyclic amines) is 1. The van der Waals surface area contributed by atoms with Crippen LogP contribution in [-0.4, -0.2) is 35.0 Å². The van der Waals surface area contributed by atoms with E-state index < -0.39 is 5.97 Å². The van der Waals surface area contributed by atoms with Crippen LogP contribution in [0.1, 0.15) is 41.6 Å². The zero-order valence-corrected chi connectivity index (χ0v) is 11.0. The van der Waals surface area contributed by atoms with Gasteiger partial charge in [0, 0.05) is 19.5 Å². The summed E-state index contributed by atoms with van der Waals surface area (Å²) >= 11 is 0. The number of aromatic carboxylic acids is 1. The molecule has 2 rings (SSSR count). The van der Waals surface area contributed by atoms with E-state index in [9.17, 15) is 9.59 Å². The highest BCUT2D eigenvalue weighted by Crippen LogP contribution is 2.13. The predicted molar refractivity (Wildman–Crippen MR) is 72.2 cm³/mol. The summed E-state index contributed by atoms with van der Waals surface area (Å²) in [7, 11) is 0. The lowest BCUT2D eigenvalue weighted by Crippen LogP contribution is -2.32. The number of carboxylic acid groups (broad SMARTS) is 1. The van der Waals surface area contributed by atoms with Crippen molar-refractivity contribution in [2.45, 2.75) is 32.1 Å². The lowest BCUT2D eigenvalue weighted by molar-refractivity contribution is -0.130. The van der Waals surface area contributed by atoms with E-state index in [1.807, 2.05) is 11.0 Å². The summed E-state index contributed by atoms with van der Waals surface area (Å²) in [4.78, 5) is 24.6. The van der Waals surface area contributed by atoms with Gasteiger partial charge in [0.1, 0.15) is 0 Å². The van der Waals surface area contributed by atoms with Crippen molar-refractivity contribution in [2.75, 3.05) is 13.1 Å². The molecule has 1 saturated heterocycles. The van der Waals surface area contributed by atoms with Crippen LogP contribution in [0.5, 0.6) is 0 Å². The third-order valence-electron chi connectivity index (χ3n) is 3.52. The van der Waals surface area contributed by atoms with Crippen LogP contribution < -0.4 is 0 Å². The second-order valence-electron chi connectivity index (χ2n) is 4.95. The maximum absolute atomic E-state index is 11.8. The SMILES string of the molecule is O=C(O)c1cccc(CCN2CCCCCC2=O)c1. The van der Waals surface area contributed by atoms with Gasteiger partial charge in [-0.1, -0.05) is 18.6 Å². The number of amides is 1. The van der Waals surface area contributed by atoms with Crippen LogP contribution in [0.3, 0.4) is 0 Å². The Kier molecular flexibility index (Phi) is 4.55. The lowest BCUT2D eigenvalue weighted by atomic mass is 10.1. The summed E-state index contributed by atoms with van der Waals surface area (Å²) in [6.07, 6.45) is 4.55. The van der Waals surface area contributed by atoms with Gasteiger partial charge in [-0.2, -0.15) is 0 Å². The molecule has 1 aromatic carbocycles. The largest absolute Gasteiger partial charge is 0.478 e. The van der Waals surface area contributed by atoms with E-state index in [1.165, 1.54) is 0 Å². The Hall–Kier alpha value is -1.84. The van der Waals surface area contributed by atoms with Crippen molar-refractivity contribution in [2.24, 2.45) is 0 Å². The van der Waals surface area contributed by atoms with Gasteiger partial charge in [0.05, 0.1) is 5.56 Å². The van der Waals surface area contributed by atoms with Crippen LogP contribution in [0, 0.1) is 0 Å². The van der Waals surface area contributed by atoms with Crippen molar-refractivity contribution in [3.63, 3.8) is 0 Å². The first kappa shape index (κ1) is 13.6. The Bertz CT molecular complexity index is 470. The standard InChI is InChI=1S/C15H19NO3/c17-14-7-2-1-3-9-16(14)10-8-12-5-4-6-13(11-12)15(18)19/h4-6,11H,1-3,7-10H2,(H,18,19). The molecular formula is C15H19NO3. The number of hydrogen-bond donors (Lipinski definition) is 1. The third kappa shape index (κ3) is 3.81. The van der Waals surface area contributed by atoms with Gasteiger partial charge in [-0.15, -0.1) is 0 Å². The first-order chi connectivity index (χ1) is 9.16. The molecule has 0 spiro atoms. The number of carbonyl (C=O) groups is 2. The van der Waals surface area contributed by atoms with Crippen molar-refractivity contribution in [1.82, 2.24) is 4.90 Å². The van der Waals surface area contributed by atoms with Crippen LogP contribution in [0.15, 0.2) is 24.3 Å². The summed E-state index contributed by atoms with van der Waals surface area (Å²) in [6.45, 7) is 1.51. The van der Waals surface area contributed by atoms with Gasteiger partial charge >= 0.3 is 5.97 Å². The topological polar surface area (TPSA) is 57.6 Å². The van der Waals surface area contributed by atoms with Crippen LogP contribution in [-0.2, 0) is 11.2 Å². The van der Waals surface area contributed by atoms with E-state index in [0.29, 0.717) is 24.9 Å². The van der Waals surface area contributed by atoms with Crippen molar-refractivity contribution in [3.8, 4) is 0 Å². The molecule has 0 aromatic heterocycles. The van der Waals surface area contributed by atoms with Gasteiger partial charge in [-0.05, 0) is 37.0 Å². The summed E-state index contributed by atoms with van der Waals surface area (Å²) < 4.78 is 0. The highest BCUT2D eigenvalue weighted by Gasteiger charge is 2.16. The zero-order valence-electron chi connectivity index (χ0n) is 11.0. The molecule has 19 heavy (non-hydrogen) atoms. The highest BCUT2D eigenvalue weighted by molar-refractivity contribution is 5.87. The zero-order chi connectivity index (χ0) is 13.7. The first-order valence-electron chi connectivity index (χ1n) is 6.77. The number of rotatable bonds is 4. The molecule has 0 unspecified atom stereocenters. The fourth-order valence-corrected chi connectivity index (χ4v) is 2.40.